The third kappa shape index (κ3) is 3.09. The number of aromatic nitrogens is 3. The molecular weight excluding hydrogens is 228 g/mol. The molecule has 1 saturated carbocycles. The lowest BCUT2D eigenvalue weighted by molar-refractivity contribution is 0.0872. The van der Waals surface area contributed by atoms with Gasteiger partial charge >= 0.3 is 0 Å². The van der Waals surface area contributed by atoms with E-state index >= 15 is 0 Å². The third-order valence-corrected chi connectivity index (χ3v) is 3.59. The summed E-state index contributed by atoms with van der Waals surface area (Å²) >= 11 is 0. The maximum absolute atomic E-state index is 12.1. The number of hydrogen-bond donors (Lipinski definition) is 2. The van der Waals surface area contributed by atoms with Crippen molar-refractivity contribution >= 4 is 5.91 Å². The van der Waals surface area contributed by atoms with Gasteiger partial charge in [0.2, 0.25) is 5.82 Å². The fourth-order valence-corrected chi connectivity index (χ4v) is 2.53. The van der Waals surface area contributed by atoms with Crippen molar-refractivity contribution in [3.05, 3.63) is 11.6 Å². The van der Waals surface area contributed by atoms with Gasteiger partial charge in [0.1, 0.15) is 5.82 Å². The number of aryl methyl sites for hydroxylation is 1. The van der Waals surface area contributed by atoms with E-state index < -0.39 is 0 Å². The summed E-state index contributed by atoms with van der Waals surface area (Å²) in [5, 5.41) is 9.88. The summed E-state index contributed by atoms with van der Waals surface area (Å²) in [5.74, 6) is 0.902. The van der Waals surface area contributed by atoms with Gasteiger partial charge in [0.25, 0.3) is 5.91 Å². The highest BCUT2D eigenvalue weighted by Crippen LogP contribution is 2.27. The Balaban J connectivity index is 1.97. The van der Waals surface area contributed by atoms with Gasteiger partial charge in [0, 0.05) is 12.0 Å². The van der Waals surface area contributed by atoms with Crippen LogP contribution in [0.4, 0.5) is 0 Å². The van der Waals surface area contributed by atoms with Crippen LogP contribution in [0.5, 0.6) is 0 Å². The van der Waals surface area contributed by atoms with Gasteiger partial charge in [-0.25, -0.2) is 4.98 Å². The van der Waals surface area contributed by atoms with Crippen molar-refractivity contribution in [1.29, 1.82) is 0 Å². The van der Waals surface area contributed by atoms with Crippen molar-refractivity contribution < 1.29 is 4.79 Å². The number of nitrogens with zero attached hydrogens (tertiary/aromatic N) is 2. The van der Waals surface area contributed by atoms with Crippen molar-refractivity contribution in [2.24, 2.45) is 0 Å². The van der Waals surface area contributed by atoms with Gasteiger partial charge in [-0.05, 0) is 26.2 Å². The average molecular weight is 250 g/mol. The third-order valence-electron chi connectivity index (χ3n) is 3.59. The van der Waals surface area contributed by atoms with Crippen molar-refractivity contribution in [3.63, 3.8) is 0 Å². The second kappa shape index (κ2) is 5.50. The minimum atomic E-state index is -0.155. The number of aromatic amines is 1. The van der Waals surface area contributed by atoms with Crippen LogP contribution in [0.2, 0.25) is 0 Å². The molecular formula is C13H22N4O. The summed E-state index contributed by atoms with van der Waals surface area (Å²) in [7, 11) is 0. The van der Waals surface area contributed by atoms with Crippen LogP contribution >= 0.6 is 0 Å². The van der Waals surface area contributed by atoms with E-state index in [1.165, 1.54) is 19.3 Å². The highest BCUT2D eigenvalue weighted by atomic mass is 16.2. The molecule has 1 heterocycles. The van der Waals surface area contributed by atoms with E-state index in [0.717, 1.165) is 31.5 Å². The number of rotatable bonds is 4. The molecule has 2 rings (SSSR count). The SMILES string of the molecule is CCCc1nc(C(=O)NC2(C)CCCCC2)n[nH]1. The first-order valence-corrected chi connectivity index (χ1v) is 6.87. The summed E-state index contributed by atoms with van der Waals surface area (Å²) in [6.45, 7) is 4.19. The Morgan fingerprint density at radius 1 is 1.39 bits per heavy atom. The molecule has 5 heteroatoms. The monoisotopic (exact) mass is 250 g/mol. The lowest BCUT2D eigenvalue weighted by Gasteiger charge is -2.34. The molecule has 2 N–H and O–H groups in total. The Kier molecular flexibility index (Phi) is 3.99. The van der Waals surface area contributed by atoms with E-state index in [1.54, 1.807) is 0 Å². The van der Waals surface area contributed by atoms with Crippen LogP contribution in [-0.2, 0) is 6.42 Å². The smallest absolute Gasteiger partial charge is 0.291 e. The molecule has 1 aromatic rings. The molecule has 1 aliphatic rings. The standard InChI is InChI=1S/C13H22N4O/c1-3-7-10-14-11(17-16-10)12(18)15-13(2)8-5-4-6-9-13/h3-9H2,1-2H3,(H,15,18)(H,14,16,17). The predicted octanol–water partition coefficient (Wildman–Crippen LogP) is 2.21. The maximum Gasteiger partial charge on any atom is 0.291 e. The Hall–Kier alpha value is -1.39. The van der Waals surface area contributed by atoms with Gasteiger partial charge in [-0.3, -0.25) is 9.89 Å². The fraction of sp³-hybridized carbons (Fsp3) is 0.769. The summed E-state index contributed by atoms with van der Waals surface area (Å²) in [6, 6.07) is 0. The molecule has 18 heavy (non-hydrogen) atoms. The van der Waals surface area contributed by atoms with Gasteiger partial charge in [0.05, 0.1) is 0 Å². The number of hydrogen-bond acceptors (Lipinski definition) is 3. The Morgan fingerprint density at radius 3 is 2.78 bits per heavy atom. The summed E-state index contributed by atoms with van der Waals surface area (Å²) in [6.07, 6.45) is 7.56. The van der Waals surface area contributed by atoms with Gasteiger partial charge in [-0.2, -0.15) is 0 Å². The second-order valence-electron chi connectivity index (χ2n) is 5.43. The molecule has 0 saturated heterocycles. The zero-order valence-electron chi connectivity index (χ0n) is 11.3. The number of carbonyl (C=O) groups excluding carboxylic acids is 1. The number of nitrogens with one attached hydrogen (secondary N) is 2. The van der Waals surface area contributed by atoms with Crippen LogP contribution in [0.25, 0.3) is 0 Å². The van der Waals surface area contributed by atoms with Crippen molar-refractivity contribution in [2.45, 2.75) is 64.3 Å². The molecule has 0 bridgehead atoms. The Bertz CT molecular complexity index is 407. The molecule has 0 spiro atoms. The molecule has 1 amide bonds. The summed E-state index contributed by atoms with van der Waals surface area (Å²) < 4.78 is 0. The summed E-state index contributed by atoms with van der Waals surface area (Å²) in [5.41, 5.74) is -0.0825. The highest BCUT2D eigenvalue weighted by Gasteiger charge is 2.29. The van der Waals surface area contributed by atoms with Crippen LogP contribution in [0.3, 0.4) is 0 Å². The van der Waals surface area contributed by atoms with Crippen LogP contribution in [0.15, 0.2) is 0 Å². The minimum Gasteiger partial charge on any atom is -0.344 e. The number of H-pyrrole nitrogens is 1. The summed E-state index contributed by atoms with van der Waals surface area (Å²) in [4.78, 5) is 16.3. The quantitative estimate of drug-likeness (QED) is 0.860. The molecule has 0 radical (unpaired) electrons. The molecule has 100 valence electrons. The van der Waals surface area contributed by atoms with Crippen LogP contribution in [0, 0.1) is 0 Å². The molecule has 0 atom stereocenters. The van der Waals surface area contributed by atoms with Crippen molar-refractivity contribution in [1.82, 2.24) is 20.5 Å². The molecule has 0 aliphatic heterocycles. The zero-order valence-corrected chi connectivity index (χ0v) is 11.3. The molecule has 1 aromatic heterocycles. The lowest BCUT2D eigenvalue weighted by Crippen LogP contribution is -2.47. The van der Waals surface area contributed by atoms with E-state index in [4.69, 9.17) is 0 Å². The predicted molar refractivity (Wildman–Crippen MR) is 69.3 cm³/mol. The topological polar surface area (TPSA) is 70.7 Å². The van der Waals surface area contributed by atoms with E-state index in [9.17, 15) is 4.79 Å². The van der Waals surface area contributed by atoms with E-state index in [2.05, 4.69) is 34.3 Å². The Labute approximate surface area is 108 Å². The number of amides is 1. The van der Waals surface area contributed by atoms with E-state index in [1.807, 2.05) is 0 Å². The maximum atomic E-state index is 12.1. The normalized spacial score (nSPS) is 18.6. The molecule has 1 fully saturated rings. The zero-order chi connectivity index (χ0) is 13.0. The second-order valence-corrected chi connectivity index (χ2v) is 5.43. The Morgan fingerprint density at radius 2 is 2.11 bits per heavy atom. The molecule has 0 aromatic carbocycles. The van der Waals surface area contributed by atoms with Gasteiger partial charge in [-0.15, -0.1) is 5.10 Å². The van der Waals surface area contributed by atoms with Gasteiger partial charge in [0.15, 0.2) is 0 Å². The number of carbonyl (C=O) groups is 1. The lowest BCUT2D eigenvalue weighted by atomic mass is 9.83. The van der Waals surface area contributed by atoms with Crippen LogP contribution < -0.4 is 5.32 Å². The van der Waals surface area contributed by atoms with Gasteiger partial charge < -0.3 is 5.32 Å². The molecule has 1 aliphatic carbocycles. The first-order valence-electron chi connectivity index (χ1n) is 6.87. The van der Waals surface area contributed by atoms with E-state index in [-0.39, 0.29) is 17.3 Å². The minimum absolute atomic E-state index is 0.0825. The first-order chi connectivity index (χ1) is 8.63. The van der Waals surface area contributed by atoms with Crippen LogP contribution in [-0.4, -0.2) is 26.6 Å². The van der Waals surface area contributed by atoms with Gasteiger partial charge in [-0.1, -0.05) is 26.2 Å². The van der Waals surface area contributed by atoms with Crippen molar-refractivity contribution in [3.8, 4) is 0 Å². The van der Waals surface area contributed by atoms with Crippen molar-refractivity contribution in [2.75, 3.05) is 0 Å². The first kappa shape index (κ1) is 13.1. The molecule has 0 unspecified atom stereocenters. The van der Waals surface area contributed by atoms with Crippen LogP contribution in [0.1, 0.15) is 68.8 Å². The fourth-order valence-electron chi connectivity index (χ4n) is 2.53. The average Bonchev–Trinajstić information content (AvgIpc) is 2.78. The molecule has 5 nitrogen and oxygen atoms in total. The van der Waals surface area contributed by atoms with E-state index in [0.29, 0.717) is 0 Å². The largest absolute Gasteiger partial charge is 0.344 e. The highest BCUT2D eigenvalue weighted by molar-refractivity contribution is 5.90.